The Morgan fingerprint density at radius 2 is 2.24 bits per heavy atom. The van der Waals surface area contributed by atoms with Gasteiger partial charge in [0.2, 0.25) is 5.91 Å². The number of anilines is 1. The number of hydrogen-bond acceptors (Lipinski definition) is 5. The monoisotopic (exact) mass is 399 g/mol. The van der Waals surface area contributed by atoms with Crippen molar-refractivity contribution in [1.82, 2.24) is 5.32 Å². The van der Waals surface area contributed by atoms with E-state index in [0.717, 1.165) is 42.7 Å². The standard InChI is InChI=1S/C22H26FN3O3/c1-28-20-7-5-16(22(24)27)18-10-15(12-29-21(18)20)25-8-2-3-13-11-26-19-6-4-14(23)9-17(13)19/h4-7,9,13,15,25-26H,2-3,8,10-12H2,1H3,(H2,24,27). The number of rotatable bonds is 7. The average molecular weight is 399 g/mol. The second kappa shape index (κ2) is 8.29. The van der Waals surface area contributed by atoms with Gasteiger partial charge in [0, 0.05) is 35.3 Å². The summed E-state index contributed by atoms with van der Waals surface area (Å²) in [6, 6.07) is 8.44. The molecule has 4 N–H and O–H groups in total. The van der Waals surface area contributed by atoms with E-state index < -0.39 is 5.91 Å². The smallest absolute Gasteiger partial charge is 0.249 e. The van der Waals surface area contributed by atoms with Gasteiger partial charge < -0.3 is 25.8 Å². The molecule has 6 nitrogen and oxygen atoms in total. The van der Waals surface area contributed by atoms with Gasteiger partial charge in [-0.3, -0.25) is 4.79 Å². The van der Waals surface area contributed by atoms with E-state index in [1.165, 1.54) is 6.07 Å². The maximum Gasteiger partial charge on any atom is 0.249 e. The maximum absolute atomic E-state index is 13.5. The van der Waals surface area contributed by atoms with Crippen LogP contribution in [0, 0.1) is 5.82 Å². The van der Waals surface area contributed by atoms with Crippen LogP contribution in [0.3, 0.4) is 0 Å². The number of carbonyl (C=O) groups is 1. The highest BCUT2D eigenvalue weighted by atomic mass is 19.1. The number of nitrogens with one attached hydrogen (secondary N) is 2. The highest BCUT2D eigenvalue weighted by Gasteiger charge is 2.27. The first-order chi connectivity index (χ1) is 14.1. The molecular formula is C22H26FN3O3. The predicted molar refractivity (Wildman–Crippen MR) is 109 cm³/mol. The Balaban J connectivity index is 1.33. The molecule has 2 aromatic rings. The van der Waals surface area contributed by atoms with Crippen LogP contribution in [0.4, 0.5) is 10.1 Å². The van der Waals surface area contributed by atoms with Gasteiger partial charge in [-0.25, -0.2) is 4.39 Å². The summed E-state index contributed by atoms with van der Waals surface area (Å²) >= 11 is 0. The number of fused-ring (bicyclic) bond motifs is 2. The summed E-state index contributed by atoms with van der Waals surface area (Å²) in [6.07, 6.45) is 2.59. The van der Waals surface area contributed by atoms with Crippen molar-refractivity contribution in [3.8, 4) is 11.5 Å². The summed E-state index contributed by atoms with van der Waals surface area (Å²) in [6.45, 7) is 2.17. The second-order valence-electron chi connectivity index (χ2n) is 7.61. The SMILES string of the molecule is COc1ccc(C(N)=O)c2c1OCC(NCCCC1CNc3ccc(F)cc31)C2. The number of ether oxygens (including phenoxy) is 2. The lowest BCUT2D eigenvalue weighted by Crippen LogP contribution is -2.40. The van der Waals surface area contributed by atoms with E-state index in [2.05, 4.69) is 10.6 Å². The van der Waals surface area contributed by atoms with Gasteiger partial charge in [-0.1, -0.05) is 0 Å². The molecule has 0 aliphatic carbocycles. The molecule has 2 unspecified atom stereocenters. The Kier molecular flexibility index (Phi) is 5.58. The molecule has 0 saturated carbocycles. The lowest BCUT2D eigenvalue weighted by atomic mass is 9.95. The van der Waals surface area contributed by atoms with Crippen molar-refractivity contribution in [1.29, 1.82) is 0 Å². The third-order valence-corrected chi connectivity index (χ3v) is 5.74. The van der Waals surface area contributed by atoms with Crippen LogP contribution in [-0.4, -0.2) is 38.8 Å². The van der Waals surface area contributed by atoms with E-state index in [0.29, 0.717) is 36.0 Å². The Hall–Kier alpha value is -2.80. The Bertz CT molecular complexity index is 918. The van der Waals surface area contributed by atoms with E-state index >= 15 is 0 Å². The third-order valence-electron chi connectivity index (χ3n) is 5.74. The third kappa shape index (κ3) is 4.00. The molecule has 0 spiro atoms. The first-order valence-corrected chi connectivity index (χ1v) is 9.96. The van der Waals surface area contributed by atoms with Crippen molar-refractivity contribution >= 4 is 11.6 Å². The molecule has 2 heterocycles. The van der Waals surface area contributed by atoms with Gasteiger partial charge in [0.1, 0.15) is 12.4 Å². The fourth-order valence-electron chi connectivity index (χ4n) is 4.27. The quantitative estimate of drug-likeness (QED) is 0.624. The maximum atomic E-state index is 13.5. The largest absolute Gasteiger partial charge is 0.493 e. The van der Waals surface area contributed by atoms with Crippen molar-refractivity contribution in [3.63, 3.8) is 0 Å². The predicted octanol–water partition coefficient (Wildman–Crippen LogP) is 2.82. The van der Waals surface area contributed by atoms with Crippen LogP contribution < -0.4 is 25.8 Å². The minimum absolute atomic E-state index is 0.0964. The van der Waals surface area contributed by atoms with Crippen LogP contribution in [0.25, 0.3) is 0 Å². The van der Waals surface area contributed by atoms with Gasteiger partial charge in [0.05, 0.1) is 7.11 Å². The molecule has 4 rings (SSSR count). The Morgan fingerprint density at radius 3 is 3.03 bits per heavy atom. The molecule has 7 heteroatoms. The molecule has 154 valence electrons. The topological polar surface area (TPSA) is 85.6 Å². The summed E-state index contributed by atoms with van der Waals surface area (Å²) in [5.74, 6) is 0.902. The van der Waals surface area contributed by atoms with Crippen molar-refractivity contribution < 1.29 is 18.7 Å². The average Bonchev–Trinajstić information content (AvgIpc) is 3.12. The van der Waals surface area contributed by atoms with Gasteiger partial charge in [-0.05, 0) is 61.7 Å². The number of nitrogens with two attached hydrogens (primary N) is 1. The first kappa shape index (κ1) is 19.5. The fraction of sp³-hybridized carbons (Fsp3) is 0.409. The zero-order valence-electron chi connectivity index (χ0n) is 16.5. The minimum atomic E-state index is -0.465. The molecule has 0 radical (unpaired) electrons. The molecular weight excluding hydrogens is 373 g/mol. The van der Waals surface area contributed by atoms with Crippen molar-refractivity contribution in [2.75, 3.05) is 32.1 Å². The highest BCUT2D eigenvalue weighted by Crippen LogP contribution is 2.37. The molecule has 2 aromatic carbocycles. The van der Waals surface area contributed by atoms with Crippen LogP contribution in [-0.2, 0) is 6.42 Å². The van der Waals surface area contributed by atoms with Crippen molar-refractivity contribution in [2.24, 2.45) is 5.73 Å². The van der Waals surface area contributed by atoms with Crippen molar-refractivity contribution in [2.45, 2.75) is 31.2 Å². The van der Waals surface area contributed by atoms with Crippen LogP contribution >= 0.6 is 0 Å². The van der Waals surface area contributed by atoms with E-state index in [-0.39, 0.29) is 11.9 Å². The van der Waals surface area contributed by atoms with E-state index in [1.807, 2.05) is 6.07 Å². The zero-order chi connectivity index (χ0) is 20.4. The summed E-state index contributed by atoms with van der Waals surface area (Å²) in [5, 5.41) is 6.86. The van der Waals surface area contributed by atoms with Crippen LogP contribution in [0.1, 0.15) is 40.2 Å². The summed E-state index contributed by atoms with van der Waals surface area (Å²) in [5.41, 5.74) is 8.90. The van der Waals surface area contributed by atoms with Gasteiger partial charge in [-0.2, -0.15) is 0 Å². The molecule has 29 heavy (non-hydrogen) atoms. The van der Waals surface area contributed by atoms with Crippen molar-refractivity contribution in [3.05, 3.63) is 52.8 Å². The normalized spacial score (nSPS) is 19.7. The lowest BCUT2D eigenvalue weighted by Gasteiger charge is -2.28. The summed E-state index contributed by atoms with van der Waals surface area (Å²) < 4.78 is 24.8. The highest BCUT2D eigenvalue weighted by molar-refractivity contribution is 5.95. The summed E-state index contributed by atoms with van der Waals surface area (Å²) in [4.78, 5) is 11.8. The first-order valence-electron chi connectivity index (χ1n) is 9.96. The van der Waals surface area contributed by atoms with E-state index in [4.69, 9.17) is 15.2 Å². The number of halogens is 1. The molecule has 1 amide bonds. The van der Waals surface area contributed by atoms with Gasteiger partial charge >= 0.3 is 0 Å². The minimum Gasteiger partial charge on any atom is -0.493 e. The van der Waals surface area contributed by atoms with Gasteiger partial charge in [-0.15, -0.1) is 0 Å². The number of hydrogen-bond donors (Lipinski definition) is 3. The molecule has 0 fully saturated rings. The van der Waals surface area contributed by atoms with Crippen LogP contribution in [0.5, 0.6) is 11.5 Å². The Labute approximate surface area is 169 Å². The van der Waals surface area contributed by atoms with Gasteiger partial charge in [0.25, 0.3) is 0 Å². The molecule has 0 aromatic heterocycles. The summed E-state index contributed by atoms with van der Waals surface area (Å²) in [7, 11) is 1.58. The van der Waals surface area contributed by atoms with Gasteiger partial charge in [0.15, 0.2) is 11.5 Å². The lowest BCUT2D eigenvalue weighted by molar-refractivity contribution is 0.0997. The Morgan fingerprint density at radius 1 is 1.38 bits per heavy atom. The van der Waals surface area contributed by atoms with E-state index in [1.54, 1.807) is 25.3 Å². The van der Waals surface area contributed by atoms with Crippen LogP contribution in [0.15, 0.2) is 30.3 Å². The second-order valence-corrected chi connectivity index (χ2v) is 7.61. The molecule has 0 bridgehead atoms. The number of amides is 1. The number of methoxy groups -OCH3 is 1. The molecule has 2 aliphatic heterocycles. The number of carbonyl (C=O) groups excluding carboxylic acids is 1. The molecule has 0 saturated heterocycles. The number of benzene rings is 2. The zero-order valence-corrected chi connectivity index (χ0v) is 16.5. The molecule has 2 atom stereocenters. The fourth-order valence-corrected chi connectivity index (χ4v) is 4.27. The number of primary amides is 1. The van der Waals surface area contributed by atoms with Crippen LogP contribution in [0.2, 0.25) is 0 Å². The van der Waals surface area contributed by atoms with E-state index in [9.17, 15) is 9.18 Å². The molecule has 2 aliphatic rings.